The number of para-hydroxylation sites is 2. The number of hydrogen-bond donors (Lipinski definition) is 3. The maximum atomic E-state index is 11.9. The molecule has 126 valence electrons. The van der Waals surface area contributed by atoms with Crippen molar-refractivity contribution >= 4 is 17.6 Å². The summed E-state index contributed by atoms with van der Waals surface area (Å²) in [5.74, 6) is 0.470. The fraction of sp³-hybridized carbons (Fsp3) is 0.222. The van der Waals surface area contributed by atoms with E-state index in [1.54, 1.807) is 12.1 Å². The molecule has 2 rings (SSSR count). The molecule has 3 amide bonds. The highest BCUT2D eigenvalue weighted by atomic mass is 16.5. The van der Waals surface area contributed by atoms with Crippen LogP contribution in [0, 0.1) is 0 Å². The first-order valence-electron chi connectivity index (χ1n) is 7.78. The van der Waals surface area contributed by atoms with Crippen molar-refractivity contribution in [1.29, 1.82) is 0 Å². The van der Waals surface area contributed by atoms with E-state index < -0.39 is 6.03 Å². The third kappa shape index (κ3) is 6.50. The quantitative estimate of drug-likeness (QED) is 0.708. The molecule has 0 saturated carbocycles. The van der Waals surface area contributed by atoms with E-state index in [-0.39, 0.29) is 12.5 Å². The second kappa shape index (κ2) is 9.32. The molecule has 0 aliphatic rings. The number of carbonyl (C=O) groups excluding carboxylic acids is 2. The molecule has 0 aliphatic heterocycles. The van der Waals surface area contributed by atoms with Crippen molar-refractivity contribution in [3.63, 3.8) is 0 Å². The van der Waals surface area contributed by atoms with Gasteiger partial charge in [-0.05, 0) is 24.3 Å². The van der Waals surface area contributed by atoms with Crippen LogP contribution in [-0.2, 0) is 4.79 Å². The van der Waals surface area contributed by atoms with E-state index in [0.29, 0.717) is 18.8 Å². The average Bonchev–Trinajstić information content (AvgIpc) is 2.56. The van der Waals surface area contributed by atoms with E-state index in [9.17, 15) is 9.59 Å². The summed E-state index contributed by atoms with van der Waals surface area (Å²) in [7, 11) is 1.88. The molecule has 3 N–H and O–H groups in total. The van der Waals surface area contributed by atoms with E-state index >= 15 is 0 Å². The van der Waals surface area contributed by atoms with Crippen molar-refractivity contribution in [1.82, 2.24) is 5.32 Å². The summed E-state index contributed by atoms with van der Waals surface area (Å²) in [6, 6.07) is 18.0. The molecule has 2 aromatic rings. The Labute approximate surface area is 141 Å². The van der Waals surface area contributed by atoms with Crippen LogP contribution in [-0.4, -0.2) is 38.7 Å². The second-order valence-electron chi connectivity index (χ2n) is 5.41. The van der Waals surface area contributed by atoms with Gasteiger partial charge in [-0.2, -0.15) is 0 Å². The zero-order valence-corrected chi connectivity index (χ0v) is 13.6. The van der Waals surface area contributed by atoms with Gasteiger partial charge in [-0.3, -0.25) is 10.1 Å². The summed E-state index contributed by atoms with van der Waals surface area (Å²) in [4.78, 5) is 24.5. The minimum absolute atomic E-state index is 0.195. The monoisotopic (exact) mass is 328 g/mol. The van der Waals surface area contributed by atoms with Gasteiger partial charge in [0, 0.05) is 5.69 Å². The molecule has 0 aliphatic carbocycles. The van der Waals surface area contributed by atoms with Crippen molar-refractivity contribution in [2.24, 2.45) is 0 Å². The molecular weight excluding hydrogens is 306 g/mol. The summed E-state index contributed by atoms with van der Waals surface area (Å²) in [6.45, 7) is 1.35. The molecule has 0 radical (unpaired) electrons. The van der Waals surface area contributed by atoms with Gasteiger partial charge in [-0.15, -0.1) is 0 Å². The number of hydrogen-bond acceptors (Lipinski definition) is 3. The fourth-order valence-corrected chi connectivity index (χ4v) is 2.08. The van der Waals surface area contributed by atoms with Gasteiger partial charge in [0.2, 0.25) is 0 Å². The maximum absolute atomic E-state index is 11.9. The van der Waals surface area contributed by atoms with Crippen molar-refractivity contribution in [3.8, 4) is 5.75 Å². The van der Waals surface area contributed by atoms with Crippen LogP contribution < -0.4 is 20.3 Å². The molecule has 24 heavy (non-hydrogen) atoms. The van der Waals surface area contributed by atoms with Crippen LogP contribution in [0.1, 0.15) is 0 Å². The van der Waals surface area contributed by atoms with Crippen LogP contribution in [0.5, 0.6) is 5.75 Å². The standard InChI is InChI=1S/C18H21N3O3/c1-21(12-13-24-16-10-6-3-7-11-16)14-17(22)20-18(23)19-15-8-4-2-5-9-15/h2-11H,12-14H2,1H3,(H2,19,20,22,23)/p+1. The lowest BCUT2D eigenvalue weighted by Gasteiger charge is -2.14. The van der Waals surface area contributed by atoms with E-state index in [0.717, 1.165) is 10.6 Å². The topological polar surface area (TPSA) is 71.9 Å². The average molecular weight is 328 g/mol. The largest absolute Gasteiger partial charge is 0.488 e. The molecule has 2 aromatic carbocycles. The fourth-order valence-electron chi connectivity index (χ4n) is 2.08. The van der Waals surface area contributed by atoms with Crippen molar-refractivity contribution < 1.29 is 19.2 Å². The number of nitrogens with one attached hydrogen (secondary N) is 3. The number of carbonyl (C=O) groups is 2. The first-order chi connectivity index (χ1) is 11.6. The first-order valence-corrected chi connectivity index (χ1v) is 7.78. The Morgan fingerprint density at radius 2 is 1.62 bits per heavy atom. The highest BCUT2D eigenvalue weighted by Gasteiger charge is 2.13. The number of quaternary nitrogens is 1. The maximum Gasteiger partial charge on any atom is 0.326 e. The van der Waals surface area contributed by atoms with Crippen LogP contribution in [0.15, 0.2) is 60.7 Å². The number of ether oxygens (including phenoxy) is 1. The van der Waals surface area contributed by atoms with Crippen LogP contribution in [0.2, 0.25) is 0 Å². The molecule has 0 bridgehead atoms. The molecule has 0 saturated heterocycles. The van der Waals surface area contributed by atoms with E-state index in [4.69, 9.17) is 4.74 Å². The van der Waals surface area contributed by atoms with E-state index in [1.807, 2.05) is 55.6 Å². The first kappa shape index (κ1) is 17.5. The molecule has 0 heterocycles. The Balaban J connectivity index is 1.65. The summed E-state index contributed by atoms with van der Waals surface area (Å²) >= 11 is 0. The minimum Gasteiger partial charge on any atom is -0.488 e. The normalized spacial score (nSPS) is 11.4. The van der Waals surface area contributed by atoms with Crippen molar-refractivity contribution in [2.75, 3.05) is 32.1 Å². The minimum atomic E-state index is -0.528. The highest BCUT2D eigenvalue weighted by Crippen LogP contribution is 2.07. The predicted molar refractivity (Wildman–Crippen MR) is 92.2 cm³/mol. The summed E-state index contributed by atoms with van der Waals surface area (Å²) in [6.07, 6.45) is 0. The van der Waals surface area contributed by atoms with Gasteiger partial charge in [-0.1, -0.05) is 36.4 Å². The number of urea groups is 1. The summed E-state index contributed by atoms with van der Waals surface area (Å²) in [5, 5.41) is 4.92. The van der Waals surface area contributed by atoms with Gasteiger partial charge >= 0.3 is 6.03 Å². The molecule has 6 heteroatoms. The third-order valence-electron chi connectivity index (χ3n) is 3.29. The van der Waals surface area contributed by atoms with Crippen molar-refractivity contribution in [3.05, 3.63) is 60.7 Å². The molecule has 1 atom stereocenters. The van der Waals surface area contributed by atoms with Crippen LogP contribution in [0.3, 0.4) is 0 Å². The highest BCUT2D eigenvalue weighted by molar-refractivity contribution is 6.01. The van der Waals surface area contributed by atoms with Gasteiger partial charge < -0.3 is 15.0 Å². The third-order valence-corrected chi connectivity index (χ3v) is 3.29. The molecule has 0 spiro atoms. The molecule has 0 fully saturated rings. The lowest BCUT2D eigenvalue weighted by molar-refractivity contribution is -0.871. The van der Waals surface area contributed by atoms with E-state index in [2.05, 4.69) is 10.6 Å². The number of likely N-dealkylation sites (N-methyl/N-ethyl adjacent to an activating group) is 1. The number of benzene rings is 2. The number of anilines is 1. The molecular formula is C18H22N3O3+. The number of imide groups is 1. The SMILES string of the molecule is C[NH+](CCOc1ccccc1)CC(=O)NC(=O)Nc1ccccc1. The Bertz CT molecular complexity index is 647. The van der Waals surface area contributed by atoms with Gasteiger partial charge in [0.05, 0.1) is 7.05 Å². The number of rotatable bonds is 7. The van der Waals surface area contributed by atoms with Gasteiger partial charge in [0.1, 0.15) is 18.9 Å². The Morgan fingerprint density at radius 3 is 2.29 bits per heavy atom. The lowest BCUT2D eigenvalue weighted by atomic mass is 10.3. The van der Waals surface area contributed by atoms with Crippen LogP contribution in [0.4, 0.5) is 10.5 Å². The van der Waals surface area contributed by atoms with Gasteiger partial charge in [0.25, 0.3) is 5.91 Å². The zero-order chi connectivity index (χ0) is 17.2. The van der Waals surface area contributed by atoms with Crippen LogP contribution >= 0.6 is 0 Å². The number of amides is 3. The Hall–Kier alpha value is -2.86. The van der Waals surface area contributed by atoms with Gasteiger partial charge in [0.15, 0.2) is 6.54 Å². The summed E-state index contributed by atoms with van der Waals surface area (Å²) in [5.41, 5.74) is 0.639. The molecule has 0 aromatic heterocycles. The van der Waals surface area contributed by atoms with E-state index in [1.165, 1.54) is 0 Å². The molecule has 1 unspecified atom stereocenters. The lowest BCUT2D eigenvalue weighted by Crippen LogP contribution is -3.10. The van der Waals surface area contributed by atoms with Crippen molar-refractivity contribution in [2.45, 2.75) is 0 Å². The Kier molecular flexibility index (Phi) is 6.79. The smallest absolute Gasteiger partial charge is 0.326 e. The Morgan fingerprint density at radius 1 is 1.00 bits per heavy atom. The summed E-state index contributed by atoms with van der Waals surface area (Å²) < 4.78 is 5.59. The van der Waals surface area contributed by atoms with Crippen LogP contribution in [0.25, 0.3) is 0 Å². The predicted octanol–water partition coefficient (Wildman–Crippen LogP) is 0.928. The molecule has 6 nitrogen and oxygen atoms in total. The second-order valence-corrected chi connectivity index (χ2v) is 5.41. The van der Waals surface area contributed by atoms with Gasteiger partial charge in [-0.25, -0.2) is 4.79 Å². The zero-order valence-electron chi connectivity index (χ0n) is 13.6.